The first-order valence-corrected chi connectivity index (χ1v) is 4.06. The quantitative estimate of drug-likeness (QED) is 0.619. The zero-order valence-electron chi connectivity index (χ0n) is 8.88. The van der Waals surface area contributed by atoms with Crippen LogP contribution in [0.2, 0.25) is 0 Å². The summed E-state index contributed by atoms with van der Waals surface area (Å²) in [5.74, 6) is 0. The molecule has 0 aliphatic heterocycles. The average molecular weight is 352 g/mol. The van der Waals surface area contributed by atoms with Crippen LogP contribution in [0.5, 0.6) is 0 Å². The van der Waals surface area contributed by atoms with Crippen molar-refractivity contribution in [2.24, 2.45) is 0 Å². The molecule has 14 heavy (non-hydrogen) atoms. The van der Waals surface area contributed by atoms with E-state index < -0.39 is 0 Å². The maximum Gasteiger partial charge on any atom is 1.00 e. The zero-order valence-corrected chi connectivity index (χ0v) is 12.0. The zero-order chi connectivity index (χ0) is 9.14. The first-order chi connectivity index (χ1) is 5.61. The van der Waals surface area contributed by atoms with Crippen molar-refractivity contribution >= 4 is 11.4 Å². The molecule has 0 saturated carbocycles. The van der Waals surface area contributed by atoms with Crippen molar-refractivity contribution in [3.05, 3.63) is 24.3 Å². The van der Waals surface area contributed by atoms with Crippen molar-refractivity contribution in [3.63, 3.8) is 0 Å². The summed E-state index contributed by atoms with van der Waals surface area (Å²) in [7, 11) is 8.19. The minimum absolute atomic E-state index is 0. The second-order valence-corrected chi connectivity index (χ2v) is 3.31. The molecule has 0 unspecified atom stereocenters. The molecule has 84 valence electrons. The van der Waals surface area contributed by atoms with Crippen LogP contribution in [0.4, 0.5) is 11.4 Å². The first kappa shape index (κ1) is 16.5. The Labute approximate surface area is 113 Å². The second kappa shape index (κ2) is 7.35. The largest absolute Gasteiger partial charge is 1.00 e. The summed E-state index contributed by atoms with van der Waals surface area (Å²) in [5.41, 5.74) is 2.47. The Balaban J connectivity index is 0. The van der Waals surface area contributed by atoms with E-state index in [-0.39, 0.29) is 39.4 Å². The fourth-order valence-electron chi connectivity index (χ4n) is 1.05. The van der Waals surface area contributed by atoms with E-state index in [1.165, 1.54) is 11.4 Å². The van der Waals surface area contributed by atoms with Crippen LogP contribution < -0.4 is 26.8 Å². The van der Waals surface area contributed by atoms with Gasteiger partial charge < -0.3 is 26.8 Å². The number of hydrogen-bond donors (Lipinski definition) is 0. The van der Waals surface area contributed by atoms with Crippen LogP contribution >= 0.6 is 0 Å². The van der Waals surface area contributed by atoms with E-state index in [2.05, 4.69) is 34.1 Å². The third-order valence-corrected chi connectivity index (χ3v) is 1.88. The van der Waals surface area contributed by atoms with E-state index in [1.807, 2.05) is 28.2 Å². The van der Waals surface area contributed by atoms with Crippen LogP contribution in [0.3, 0.4) is 0 Å². The van der Waals surface area contributed by atoms with Crippen LogP contribution in [0.15, 0.2) is 24.3 Å². The molecule has 0 aliphatic rings. The van der Waals surface area contributed by atoms with Crippen LogP contribution in [0, 0.1) is 0 Å². The van der Waals surface area contributed by atoms with Crippen molar-refractivity contribution in [2.45, 2.75) is 0 Å². The molecule has 1 aromatic carbocycles. The van der Waals surface area contributed by atoms with Gasteiger partial charge in [0.05, 0.1) is 0 Å². The Bertz CT molecular complexity index is 220. The van der Waals surface area contributed by atoms with E-state index in [1.54, 1.807) is 0 Å². The molecule has 0 aliphatic carbocycles. The van der Waals surface area contributed by atoms with Crippen LogP contribution in [-0.2, 0) is 22.4 Å². The molecule has 2 nitrogen and oxygen atoms in total. The van der Waals surface area contributed by atoms with E-state index in [0.29, 0.717) is 0 Å². The molecule has 0 atom stereocenters. The second-order valence-electron chi connectivity index (χ2n) is 3.31. The van der Waals surface area contributed by atoms with Crippen LogP contribution in [0.1, 0.15) is 0 Å². The molecule has 0 spiro atoms. The van der Waals surface area contributed by atoms with Crippen LogP contribution in [0.25, 0.3) is 0 Å². The monoisotopic (exact) mass is 350 g/mol. The molecule has 1 aromatic rings. The third kappa shape index (κ3) is 4.51. The predicted octanol–water partition coefficient (Wildman–Crippen LogP) is -1.18. The van der Waals surface area contributed by atoms with E-state index >= 15 is 0 Å². The topological polar surface area (TPSA) is 6.48 Å². The molecule has 0 bridgehead atoms. The molecule has 0 fully saturated rings. The van der Waals surface area contributed by atoms with Gasteiger partial charge in [0.15, 0.2) is 0 Å². The maximum atomic E-state index is 2.12. The number of anilines is 2. The van der Waals surface area contributed by atoms with Crippen molar-refractivity contribution in [2.75, 3.05) is 38.0 Å². The smallest absolute Gasteiger partial charge is 1.00 e. The van der Waals surface area contributed by atoms with E-state index in [9.17, 15) is 0 Å². The van der Waals surface area contributed by atoms with Crippen molar-refractivity contribution in [1.29, 1.82) is 0 Å². The predicted molar refractivity (Wildman–Crippen MR) is 55.1 cm³/mol. The molecule has 0 aromatic heterocycles. The molecule has 1 rings (SSSR count). The van der Waals surface area contributed by atoms with Gasteiger partial charge in [-0.3, -0.25) is 0 Å². The maximum absolute atomic E-state index is 2.12. The van der Waals surface area contributed by atoms with Crippen molar-refractivity contribution < 1.29 is 39.4 Å². The molecule has 0 amide bonds. The number of nitrogens with zero attached hydrogens (tertiary/aromatic N) is 2. The van der Waals surface area contributed by atoms with Crippen LogP contribution in [-0.4, -0.2) is 28.2 Å². The van der Waals surface area contributed by atoms with Gasteiger partial charge in [-0.25, -0.2) is 0 Å². The molecular weight excluding hydrogens is 336 g/mol. The molecule has 0 heterocycles. The fraction of sp³-hybridized carbons (Fsp3) is 0.400. The third-order valence-electron chi connectivity index (χ3n) is 1.88. The summed E-state index contributed by atoms with van der Waals surface area (Å²) in [5, 5.41) is 0. The van der Waals surface area contributed by atoms with Gasteiger partial charge >= 0.3 is 22.4 Å². The van der Waals surface area contributed by atoms with Gasteiger partial charge in [-0.05, 0) is 24.3 Å². The summed E-state index contributed by atoms with van der Waals surface area (Å²) >= 11 is 0. The molecule has 0 N–H and O–H groups in total. The Morgan fingerprint density at radius 1 is 0.714 bits per heavy atom. The van der Waals surface area contributed by atoms with Gasteiger partial charge in [-0.1, -0.05) is 0 Å². The minimum Gasteiger partial charge on any atom is -1.00 e. The summed E-state index contributed by atoms with van der Waals surface area (Å²) in [4.78, 5) is 4.19. The number of rotatable bonds is 2. The van der Waals surface area contributed by atoms with Gasteiger partial charge in [0.25, 0.3) is 0 Å². The molecule has 4 heteroatoms. The molecule has 0 radical (unpaired) electrons. The number of benzene rings is 1. The minimum atomic E-state index is 0. The van der Waals surface area contributed by atoms with Gasteiger partial charge in [-0.15, -0.1) is 0 Å². The van der Waals surface area contributed by atoms with Gasteiger partial charge in [0, 0.05) is 39.6 Å². The first-order valence-electron chi connectivity index (χ1n) is 4.06. The average Bonchev–Trinajstić information content (AvgIpc) is 2.04. The SMILES string of the molecule is CN(C)c1ccc(N(C)C)cc1.[Ag+].[Br-]. The van der Waals surface area contributed by atoms with Crippen molar-refractivity contribution in [1.82, 2.24) is 0 Å². The van der Waals surface area contributed by atoms with E-state index in [4.69, 9.17) is 0 Å². The normalized spacial score (nSPS) is 8.29. The Morgan fingerprint density at radius 2 is 0.929 bits per heavy atom. The molecule has 0 saturated heterocycles. The summed E-state index contributed by atoms with van der Waals surface area (Å²) < 4.78 is 0. The summed E-state index contributed by atoms with van der Waals surface area (Å²) in [6, 6.07) is 8.48. The number of halogens is 1. The fourth-order valence-corrected chi connectivity index (χ4v) is 1.05. The Hall–Kier alpha value is 0.0403. The van der Waals surface area contributed by atoms with Gasteiger partial charge in [0.1, 0.15) is 0 Å². The van der Waals surface area contributed by atoms with Gasteiger partial charge in [0.2, 0.25) is 0 Å². The molecular formula is C10H16AgBrN2. The van der Waals surface area contributed by atoms with Crippen molar-refractivity contribution in [3.8, 4) is 0 Å². The summed E-state index contributed by atoms with van der Waals surface area (Å²) in [6.45, 7) is 0. The standard InChI is InChI=1S/C10H16N2.Ag.BrH/c1-11(2)9-5-7-10(8-6-9)12(3)4;;/h5-8H,1-4H3;;1H/q;+1;/p-1. The van der Waals surface area contributed by atoms with Gasteiger partial charge in [-0.2, -0.15) is 0 Å². The summed E-state index contributed by atoms with van der Waals surface area (Å²) in [6.07, 6.45) is 0. The Morgan fingerprint density at radius 3 is 1.07 bits per heavy atom. The number of hydrogen-bond acceptors (Lipinski definition) is 2. The van der Waals surface area contributed by atoms with E-state index in [0.717, 1.165) is 0 Å². The Kier molecular flexibility index (Phi) is 8.64.